The second-order valence-corrected chi connectivity index (χ2v) is 6.83. The summed E-state index contributed by atoms with van der Waals surface area (Å²) in [6.45, 7) is 0.574. The average molecular weight is 326 g/mol. The van der Waals surface area contributed by atoms with Crippen molar-refractivity contribution in [3.63, 3.8) is 0 Å². The monoisotopic (exact) mass is 325 g/mol. The van der Waals surface area contributed by atoms with E-state index < -0.39 is 0 Å². The molecule has 1 heterocycles. The molecule has 0 amide bonds. The van der Waals surface area contributed by atoms with E-state index in [9.17, 15) is 0 Å². The molecule has 0 radical (unpaired) electrons. The number of thiocarbonyl (C=S) groups is 1. The Kier molecular flexibility index (Phi) is 4.38. The summed E-state index contributed by atoms with van der Waals surface area (Å²) in [7, 11) is 0. The largest absolute Gasteiger partial charge is 0.491 e. The number of halogens is 1. The summed E-state index contributed by atoms with van der Waals surface area (Å²) < 4.78 is 12.0. The number of ether oxygens (including phenoxy) is 2. The van der Waals surface area contributed by atoms with Crippen LogP contribution in [0.2, 0.25) is 5.02 Å². The van der Waals surface area contributed by atoms with Crippen LogP contribution in [0.3, 0.4) is 0 Å². The van der Waals surface area contributed by atoms with Gasteiger partial charge in [0, 0.05) is 5.56 Å². The quantitative estimate of drug-likeness (QED) is 0.854. The minimum atomic E-state index is 0.154. The minimum Gasteiger partial charge on any atom is -0.491 e. The van der Waals surface area contributed by atoms with Crippen LogP contribution in [0.5, 0.6) is 5.75 Å². The third-order valence-electron chi connectivity index (χ3n) is 4.50. The highest BCUT2D eigenvalue weighted by molar-refractivity contribution is 7.80. The lowest BCUT2D eigenvalue weighted by molar-refractivity contribution is -0.0508. The highest BCUT2D eigenvalue weighted by atomic mass is 35.5. The number of hydrogen-bond acceptors (Lipinski definition) is 3. The second-order valence-electron chi connectivity index (χ2n) is 5.99. The lowest BCUT2D eigenvalue weighted by Crippen LogP contribution is -2.27. The maximum Gasteiger partial charge on any atom is 0.120 e. The number of hydrogen-bond donors (Lipinski definition) is 1. The Balaban J connectivity index is 1.56. The van der Waals surface area contributed by atoms with Gasteiger partial charge in [-0.2, -0.15) is 0 Å². The minimum absolute atomic E-state index is 0.154. The van der Waals surface area contributed by atoms with Crippen LogP contribution in [0.4, 0.5) is 0 Å². The summed E-state index contributed by atoms with van der Waals surface area (Å²) in [5.74, 6) is 0.732. The molecule has 2 N–H and O–H groups in total. The first-order chi connectivity index (χ1) is 10.1. The van der Waals surface area contributed by atoms with Gasteiger partial charge in [-0.3, -0.25) is 0 Å². The van der Waals surface area contributed by atoms with E-state index in [1.54, 1.807) is 12.1 Å². The molecule has 3 rings (SSSR count). The molecule has 5 heteroatoms. The van der Waals surface area contributed by atoms with Crippen molar-refractivity contribution in [2.24, 2.45) is 5.73 Å². The summed E-state index contributed by atoms with van der Waals surface area (Å²) in [5.41, 5.74) is 6.43. The predicted octanol–water partition coefficient (Wildman–Crippen LogP) is 3.84. The fourth-order valence-corrected chi connectivity index (χ4v) is 3.88. The Bertz CT molecular complexity index is 543. The van der Waals surface area contributed by atoms with Gasteiger partial charge in [0.1, 0.15) is 17.3 Å². The van der Waals surface area contributed by atoms with E-state index >= 15 is 0 Å². The topological polar surface area (TPSA) is 44.5 Å². The summed E-state index contributed by atoms with van der Waals surface area (Å²) in [5, 5.41) is 0.527. The molecule has 1 saturated heterocycles. The first kappa shape index (κ1) is 15.1. The van der Waals surface area contributed by atoms with Crippen LogP contribution in [0.25, 0.3) is 0 Å². The molecule has 1 aromatic carbocycles. The van der Waals surface area contributed by atoms with Gasteiger partial charge in [0.15, 0.2) is 0 Å². The highest BCUT2D eigenvalue weighted by Crippen LogP contribution is 2.43. The van der Waals surface area contributed by atoms with Crippen LogP contribution in [0.15, 0.2) is 18.2 Å². The van der Waals surface area contributed by atoms with E-state index in [0.717, 1.165) is 12.2 Å². The molecule has 1 unspecified atom stereocenters. The zero-order chi connectivity index (χ0) is 14.9. The zero-order valence-electron chi connectivity index (χ0n) is 11.9. The van der Waals surface area contributed by atoms with E-state index in [-0.39, 0.29) is 11.7 Å². The first-order valence-corrected chi connectivity index (χ1v) is 8.27. The number of benzene rings is 1. The predicted molar refractivity (Wildman–Crippen MR) is 88.1 cm³/mol. The van der Waals surface area contributed by atoms with Gasteiger partial charge in [0.05, 0.1) is 16.7 Å². The van der Waals surface area contributed by atoms with Crippen molar-refractivity contribution in [3.8, 4) is 5.75 Å². The van der Waals surface area contributed by atoms with E-state index in [1.165, 1.54) is 32.1 Å². The molecule has 1 saturated carbocycles. The summed E-state index contributed by atoms with van der Waals surface area (Å²) >= 11 is 11.1. The van der Waals surface area contributed by atoms with Crippen molar-refractivity contribution in [2.75, 3.05) is 6.61 Å². The van der Waals surface area contributed by atoms with Crippen LogP contribution in [-0.4, -0.2) is 23.3 Å². The van der Waals surface area contributed by atoms with Gasteiger partial charge in [0.25, 0.3) is 0 Å². The smallest absolute Gasteiger partial charge is 0.120 e. The Morgan fingerprint density at radius 1 is 1.38 bits per heavy atom. The second kappa shape index (κ2) is 6.11. The maximum absolute atomic E-state index is 6.23. The molecule has 1 aromatic rings. The Morgan fingerprint density at radius 3 is 2.81 bits per heavy atom. The van der Waals surface area contributed by atoms with Gasteiger partial charge in [-0.25, -0.2) is 0 Å². The van der Waals surface area contributed by atoms with Crippen molar-refractivity contribution >= 4 is 28.8 Å². The zero-order valence-corrected chi connectivity index (χ0v) is 13.5. The molecule has 0 aromatic heterocycles. The van der Waals surface area contributed by atoms with Crippen LogP contribution in [0.1, 0.15) is 44.1 Å². The van der Waals surface area contributed by atoms with Crippen molar-refractivity contribution in [3.05, 3.63) is 28.8 Å². The molecule has 3 nitrogen and oxygen atoms in total. The Hall–Kier alpha value is -0.840. The molecule has 1 atom stereocenters. The molecule has 0 bridgehead atoms. The molecule has 21 heavy (non-hydrogen) atoms. The summed E-state index contributed by atoms with van der Waals surface area (Å²) in [4.78, 5) is 0.300. The standard InChI is InChI=1S/C16H20ClNO2S/c17-14-9-11(3-4-13(14)15(18)21)19-10-12-5-8-16(20-12)6-1-2-7-16/h3-4,9,12H,1-2,5-8,10H2,(H2,18,21). The van der Waals surface area contributed by atoms with Gasteiger partial charge in [-0.05, 0) is 43.9 Å². The normalized spacial score (nSPS) is 23.6. The molecule has 114 valence electrons. The van der Waals surface area contributed by atoms with Gasteiger partial charge < -0.3 is 15.2 Å². The summed E-state index contributed by atoms with van der Waals surface area (Å²) in [6, 6.07) is 5.41. The van der Waals surface area contributed by atoms with E-state index in [4.69, 9.17) is 39.0 Å². The van der Waals surface area contributed by atoms with Crippen LogP contribution in [-0.2, 0) is 4.74 Å². The molecule has 2 fully saturated rings. The van der Waals surface area contributed by atoms with Crippen molar-refractivity contribution < 1.29 is 9.47 Å². The van der Waals surface area contributed by atoms with Crippen molar-refractivity contribution in [1.82, 2.24) is 0 Å². The van der Waals surface area contributed by atoms with E-state index in [2.05, 4.69) is 0 Å². The van der Waals surface area contributed by atoms with Crippen LogP contribution in [0, 0.1) is 0 Å². The first-order valence-electron chi connectivity index (χ1n) is 7.48. The molecular weight excluding hydrogens is 306 g/mol. The van der Waals surface area contributed by atoms with Gasteiger partial charge in [-0.1, -0.05) is 36.7 Å². The fourth-order valence-electron chi connectivity index (χ4n) is 3.37. The van der Waals surface area contributed by atoms with Crippen molar-refractivity contribution in [1.29, 1.82) is 0 Å². The Labute approximate surface area is 135 Å². The SMILES string of the molecule is NC(=S)c1ccc(OCC2CCC3(CCCC3)O2)cc1Cl. The maximum atomic E-state index is 6.23. The van der Waals surface area contributed by atoms with Crippen LogP contribution >= 0.6 is 23.8 Å². The van der Waals surface area contributed by atoms with Gasteiger partial charge in [-0.15, -0.1) is 0 Å². The van der Waals surface area contributed by atoms with E-state index in [1.807, 2.05) is 6.07 Å². The fraction of sp³-hybridized carbons (Fsp3) is 0.562. The Morgan fingerprint density at radius 2 is 2.14 bits per heavy atom. The molecule has 1 spiro atoms. The third-order valence-corrected chi connectivity index (χ3v) is 5.03. The lowest BCUT2D eigenvalue weighted by atomic mass is 9.98. The van der Waals surface area contributed by atoms with Crippen LogP contribution < -0.4 is 10.5 Å². The molecule has 1 aliphatic carbocycles. The lowest BCUT2D eigenvalue weighted by Gasteiger charge is -2.23. The number of rotatable bonds is 4. The third kappa shape index (κ3) is 3.33. The average Bonchev–Trinajstić information content (AvgIpc) is 3.07. The molecular formula is C16H20ClNO2S. The van der Waals surface area contributed by atoms with Gasteiger partial charge in [0.2, 0.25) is 0 Å². The van der Waals surface area contributed by atoms with Gasteiger partial charge >= 0.3 is 0 Å². The summed E-state index contributed by atoms with van der Waals surface area (Å²) in [6.07, 6.45) is 7.45. The highest BCUT2D eigenvalue weighted by Gasteiger charge is 2.42. The van der Waals surface area contributed by atoms with E-state index in [0.29, 0.717) is 22.2 Å². The molecule has 2 aliphatic rings. The number of nitrogens with two attached hydrogens (primary N) is 1. The van der Waals surface area contributed by atoms with Crippen molar-refractivity contribution in [2.45, 2.75) is 50.2 Å². The molecule has 1 aliphatic heterocycles.